The molecule has 4 N–H and O–H groups in total. The van der Waals surface area contributed by atoms with Gasteiger partial charge in [0.25, 0.3) is 0 Å². The van der Waals surface area contributed by atoms with E-state index in [-0.39, 0.29) is 12.6 Å². The van der Waals surface area contributed by atoms with Crippen molar-refractivity contribution in [3.8, 4) is 11.8 Å². The molecule has 0 heterocycles. The van der Waals surface area contributed by atoms with Gasteiger partial charge in [-0.25, -0.2) is 9.59 Å². The number of aliphatic hydroxyl groups is 1. The van der Waals surface area contributed by atoms with Gasteiger partial charge in [-0.2, -0.15) is 5.26 Å². The van der Waals surface area contributed by atoms with Crippen LogP contribution >= 0.6 is 0 Å². The fraction of sp³-hybridized carbons (Fsp3) is 0.318. The van der Waals surface area contributed by atoms with Crippen LogP contribution in [0.15, 0.2) is 42.5 Å². The highest BCUT2D eigenvalue weighted by Crippen LogP contribution is 2.23. The molecule has 2 rings (SSSR count). The van der Waals surface area contributed by atoms with Crippen molar-refractivity contribution in [3.63, 3.8) is 0 Å². The summed E-state index contributed by atoms with van der Waals surface area (Å²) in [6.45, 7) is 3.35. The van der Waals surface area contributed by atoms with Crippen LogP contribution in [0.1, 0.15) is 37.4 Å². The molecular formula is C22H26N4O5. The molecule has 0 saturated carbocycles. The van der Waals surface area contributed by atoms with E-state index in [1.807, 2.05) is 19.1 Å². The Morgan fingerprint density at radius 1 is 1.16 bits per heavy atom. The number of urea groups is 1. The Labute approximate surface area is 181 Å². The Morgan fingerprint density at radius 2 is 1.87 bits per heavy atom. The predicted molar refractivity (Wildman–Crippen MR) is 116 cm³/mol. The molecule has 0 fully saturated rings. The van der Waals surface area contributed by atoms with Gasteiger partial charge in [-0.05, 0) is 43.2 Å². The van der Waals surface area contributed by atoms with E-state index in [1.165, 1.54) is 7.11 Å². The van der Waals surface area contributed by atoms with Gasteiger partial charge in [-0.3, -0.25) is 0 Å². The van der Waals surface area contributed by atoms with Gasteiger partial charge in [-0.15, -0.1) is 0 Å². The van der Waals surface area contributed by atoms with Crippen LogP contribution in [0.3, 0.4) is 0 Å². The molecule has 0 bridgehead atoms. The first kappa shape index (κ1) is 23.5. The van der Waals surface area contributed by atoms with Crippen molar-refractivity contribution in [2.24, 2.45) is 0 Å². The molecule has 9 heteroatoms. The molecule has 0 aliphatic rings. The van der Waals surface area contributed by atoms with Crippen molar-refractivity contribution in [2.45, 2.75) is 32.4 Å². The third-order valence-corrected chi connectivity index (χ3v) is 4.49. The summed E-state index contributed by atoms with van der Waals surface area (Å²) in [5.74, 6) is 0.362. The van der Waals surface area contributed by atoms with Gasteiger partial charge in [0.1, 0.15) is 17.9 Å². The first-order valence-corrected chi connectivity index (χ1v) is 9.74. The zero-order valence-corrected chi connectivity index (χ0v) is 17.6. The van der Waals surface area contributed by atoms with E-state index in [0.29, 0.717) is 29.1 Å². The van der Waals surface area contributed by atoms with E-state index in [1.54, 1.807) is 43.3 Å². The zero-order chi connectivity index (χ0) is 22.8. The molecule has 0 aliphatic carbocycles. The van der Waals surface area contributed by atoms with Crippen molar-refractivity contribution < 1.29 is 24.2 Å². The number of ether oxygens (including phenoxy) is 2. The summed E-state index contributed by atoms with van der Waals surface area (Å²) in [6, 6.07) is 12.9. The lowest BCUT2D eigenvalue weighted by Gasteiger charge is -2.18. The molecule has 0 saturated heterocycles. The zero-order valence-electron chi connectivity index (χ0n) is 17.6. The molecule has 2 unspecified atom stereocenters. The first-order valence-electron chi connectivity index (χ1n) is 9.74. The molecule has 3 amide bonds. The number of hydrogen-bond acceptors (Lipinski definition) is 6. The third kappa shape index (κ3) is 6.90. The third-order valence-electron chi connectivity index (χ3n) is 4.49. The van der Waals surface area contributed by atoms with Crippen LogP contribution in [0.5, 0.6) is 5.75 Å². The smallest absolute Gasteiger partial charge is 0.407 e. The van der Waals surface area contributed by atoms with Crippen molar-refractivity contribution in [1.82, 2.24) is 5.32 Å². The molecule has 2 aromatic carbocycles. The molecule has 0 aromatic heterocycles. The summed E-state index contributed by atoms with van der Waals surface area (Å²) < 4.78 is 10.3. The van der Waals surface area contributed by atoms with Crippen molar-refractivity contribution in [1.29, 1.82) is 5.26 Å². The van der Waals surface area contributed by atoms with Crippen molar-refractivity contribution in [2.75, 3.05) is 24.4 Å². The quantitative estimate of drug-likeness (QED) is 0.508. The molecule has 164 valence electrons. The molecule has 9 nitrogen and oxygen atoms in total. The second-order valence-corrected chi connectivity index (χ2v) is 6.72. The summed E-state index contributed by atoms with van der Waals surface area (Å²) in [7, 11) is 1.45. The second kappa shape index (κ2) is 11.4. The summed E-state index contributed by atoms with van der Waals surface area (Å²) in [4.78, 5) is 24.3. The molecule has 0 spiro atoms. The van der Waals surface area contributed by atoms with Crippen LogP contribution in [-0.4, -0.2) is 37.1 Å². The minimum atomic E-state index is -0.626. The highest BCUT2D eigenvalue weighted by Gasteiger charge is 2.15. The number of alkyl carbamates (subject to hydrolysis) is 1. The number of rotatable bonds is 8. The number of anilines is 2. The Kier molecular flexibility index (Phi) is 8.66. The minimum Gasteiger partial charge on any atom is -0.495 e. The number of aliphatic hydroxyl groups excluding tert-OH is 1. The van der Waals surface area contributed by atoms with E-state index >= 15 is 0 Å². The van der Waals surface area contributed by atoms with Crippen LogP contribution in [0.2, 0.25) is 0 Å². The van der Waals surface area contributed by atoms with Gasteiger partial charge in [0.2, 0.25) is 0 Å². The number of nitriles is 1. The topological polar surface area (TPSA) is 133 Å². The number of carbonyl (C=O) groups excluding carboxylic acids is 2. The van der Waals surface area contributed by atoms with Crippen LogP contribution < -0.4 is 20.7 Å². The largest absolute Gasteiger partial charge is 0.495 e. The Morgan fingerprint density at radius 3 is 2.48 bits per heavy atom. The Hall–Kier alpha value is -3.77. The molecule has 2 aromatic rings. The fourth-order valence-corrected chi connectivity index (χ4v) is 2.74. The van der Waals surface area contributed by atoms with E-state index < -0.39 is 18.2 Å². The summed E-state index contributed by atoms with van der Waals surface area (Å²) in [6.07, 6.45) is -0.665. The SMILES string of the molecule is CCC(CO)OC(=O)NC(C)c1cccc(NC(=O)Nc2ccc(C#N)c(OC)c2)c1. The van der Waals surface area contributed by atoms with Gasteiger partial charge in [-0.1, -0.05) is 19.1 Å². The summed E-state index contributed by atoms with van der Waals surface area (Å²) in [5.41, 5.74) is 2.12. The average Bonchev–Trinajstić information content (AvgIpc) is 2.77. The number of amides is 3. The Bertz CT molecular complexity index is 953. The lowest BCUT2D eigenvalue weighted by molar-refractivity contribution is 0.0539. The fourth-order valence-electron chi connectivity index (χ4n) is 2.74. The van der Waals surface area contributed by atoms with E-state index in [9.17, 15) is 9.59 Å². The number of carbonyl (C=O) groups is 2. The number of hydrogen-bond donors (Lipinski definition) is 4. The van der Waals surface area contributed by atoms with Crippen LogP contribution in [-0.2, 0) is 4.74 Å². The second-order valence-electron chi connectivity index (χ2n) is 6.72. The monoisotopic (exact) mass is 426 g/mol. The van der Waals surface area contributed by atoms with E-state index in [4.69, 9.17) is 19.8 Å². The molecule has 0 radical (unpaired) electrons. The van der Waals surface area contributed by atoms with Gasteiger partial charge in [0.15, 0.2) is 0 Å². The predicted octanol–water partition coefficient (Wildman–Crippen LogP) is 3.77. The van der Waals surface area contributed by atoms with Crippen LogP contribution in [0, 0.1) is 11.3 Å². The number of methoxy groups -OCH3 is 1. The lowest BCUT2D eigenvalue weighted by Crippen LogP contribution is -2.32. The van der Waals surface area contributed by atoms with Crippen molar-refractivity contribution in [3.05, 3.63) is 53.6 Å². The van der Waals surface area contributed by atoms with Crippen molar-refractivity contribution >= 4 is 23.5 Å². The van der Waals surface area contributed by atoms with Gasteiger partial charge in [0.05, 0.1) is 25.3 Å². The average molecular weight is 426 g/mol. The van der Waals surface area contributed by atoms with Gasteiger partial charge < -0.3 is 30.5 Å². The molecular weight excluding hydrogens is 400 g/mol. The van der Waals surface area contributed by atoms with E-state index in [0.717, 1.165) is 5.56 Å². The molecule has 0 aliphatic heterocycles. The number of nitrogens with zero attached hydrogens (tertiary/aromatic N) is 1. The lowest BCUT2D eigenvalue weighted by atomic mass is 10.1. The number of nitrogens with one attached hydrogen (secondary N) is 3. The maximum absolute atomic E-state index is 12.3. The molecule has 31 heavy (non-hydrogen) atoms. The highest BCUT2D eigenvalue weighted by atomic mass is 16.6. The number of benzene rings is 2. The van der Waals surface area contributed by atoms with Gasteiger partial charge in [0, 0.05) is 17.4 Å². The summed E-state index contributed by atoms with van der Waals surface area (Å²) >= 11 is 0. The van der Waals surface area contributed by atoms with Crippen LogP contribution in [0.25, 0.3) is 0 Å². The normalized spacial score (nSPS) is 12.1. The molecule has 2 atom stereocenters. The first-order chi connectivity index (χ1) is 14.9. The van der Waals surface area contributed by atoms with E-state index in [2.05, 4.69) is 16.0 Å². The maximum atomic E-state index is 12.3. The van der Waals surface area contributed by atoms with Gasteiger partial charge >= 0.3 is 12.1 Å². The standard InChI is InChI=1S/C22H26N4O5/c1-4-19(13-27)31-22(29)24-14(2)15-6-5-7-17(10-15)25-21(28)26-18-9-8-16(12-23)20(11-18)30-3/h5-11,14,19,27H,4,13H2,1-3H3,(H,24,29)(H2,25,26,28). The summed E-state index contributed by atoms with van der Waals surface area (Å²) in [5, 5.41) is 26.3. The van der Waals surface area contributed by atoms with Crippen LogP contribution in [0.4, 0.5) is 21.0 Å². The Balaban J connectivity index is 1.99. The minimum absolute atomic E-state index is 0.238. The maximum Gasteiger partial charge on any atom is 0.407 e. The highest BCUT2D eigenvalue weighted by molar-refractivity contribution is 6.00.